The summed E-state index contributed by atoms with van der Waals surface area (Å²) >= 11 is 0. The molecule has 0 aromatic carbocycles. The molecule has 0 amide bonds. The maximum absolute atomic E-state index is 11.5. The van der Waals surface area contributed by atoms with Crippen molar-refractivity contribution in [3.05, 3.63) is 11.9 Å². The van der Waals surface area contributed by atoms with Gasteiger partial charge in [-0.25, -0.2) is 4.21 Å². The predicted octanol–water partition coefficient (Wildman–Crippen LogP) is 1.65. The molecule has 0 spiro atoms. The third-order valence-corrected chi connectivity index (χ3v) is 4.05. The first-order valence-electron chi connectivity index (χ1n) is 5.25. The molecule has 1 aromatic heterocycles. The Bertz CT molecular complexity index is 374. The highest BCUT2D eigenvalue weighted by molar-refractivity contribution is 7.85. The summed E-state index contributed by atoms with van der Waals surface area (Å²) in [5.74, 6) is 1.11. The molecule has 0 fully saturated rings. The van der Waals surface area contributed by atoms with Crippen LogP contribution in [0.15, 0.2) is 6.20 Å². The van der Waals surface area contributed by atoms with Crippen molar-refractivity contribution in [1.29, 1.82) is 0 Å². The molecule has 84 valence electrons. The number of fused-ring (bicyclic) bond motifs is 1. The minimum absolute atomic E-state index is 0.516. The largest absolute Gasteiger partial charge is 0.289 e. The molecule has 1 aromatic rings. The van der Waals surface area contributed by atoms with E-state index >= 15 is 0 Å². The number of nitrogens with one attached hydrogen (secondary N) is 1. The van der Waals surface area contributed by atoms with Gasteiger partial charge in [0.25, 0.3) is 0 Å². The zero-order valence-electron chi connectivity index (χ0n) is 9.36. The van der Waals surface area contributed by atoms with Crippen LogP contribution in [0.1, 0.15) is 31.9 Å². The number of anilines is 1. The first-order valence-corrected chi connectivity index (χ1v) is 6.77. The molecule has 0 saturated carbocycles. The van der Waals surface area contributed by atoms with Crippen molar-refractivity contribution in [2.24, 2.45) is 5.92 Å². The van der Waals surface area contributed by atoms with Gasteiger partial charge in [0.15, 0.2) is 0 Å². The second-order valence-corrected chi connectivity index (χ2v) is 5.62. The average molecular weight is 227 g/mol. The molecule has 0 bridgehead atoms. The number of aromatic nitrogens is 2. The van der Waals surface area contributed by atoms with E-state index in [2.05, 4.69) is 24.0 Å². The van der Waals surface area contributed by atoms with Gasteiger partial charge in [-0.05, 0) is 12.3 Å². The molecule has 0 aliphatic carbocycles. The summed E-state index contributed by atoms with van der Waals surface area (Å²) in [6.07, 6.45) is 4.55. The second kappa shape index (κ2) is 3.96. The molecule has 0 radical (unpaired) electrons. The third-order valence-electron chi connectivity index (χ3n) is 3.05. The summed E-state index contributed by atoms with van der Waals surface area (Å²) < 4.78 is 13.4. The quantitative estimate of drug-likeness (QED) is 0.835. The van der Waals surface area contributed by atoms with Crippen molar-refractivity contribution in [2.75, 3.05) is 17.1 Å². The fourth-order valence-corrected chi connectivity index (χ4v) is 3.00. The van der Waals surface area contributed by atoms with Crippen molar-refractivity contribution in [1.82, 2.24) is 10.2 Å². The topological polar surface area (TPSA) is 49.0 Å². The maximum atomic E-state index is 11.5. The summed E-state index contributed by atoms with van der Waals surface area (Å²) in [7, 11) is -0.947. The molecular formula is C10H17N3OS. The minimum Gasteiger partial charge on any atom is -0.289 e. The molecule has 1 aliphatic rings. The Hall–Kier alpha value is -0.840. The van der Waals surface area contributed by atoms with Gasteiger partial charge in [0.05, 0.1) is 17.6 Å². The molecular weight excluding hydrogens is 210 g/mol. The van der Waals surface area contributed by atoms with Gasteiger partial charge in [-0.3, -0.25) is 9.40 Å². The van der Waals surface area contributed by atoms with Gasteiger partial charge in [-0.2, -0.15) is 5.10 Å². The Labute approximate surface area is 92.6 Å². The first-order chi connectivity index (χ1) is 7.11. The van der Waals surface area contributed by atoms with Crippen molar-refractivity contribution >= 4 is 16.7 Å². The minimum atomic E-state index is -0.947. The lowest BCUT2D eigenvalue weighted by atomic mass is 9.87. The Kier molecular flexibility index (Phi) is 2.82. The molecule has 4 nitrogen and oxygen atoms in total. The van der Waals surface area contributed by atoms with Gasteiger partial charge >= 0.3 is 0 Å². The highest BCUT2D eigenvalue weighted by atomic mass is 32.2. The van der Waals surface area contributed by atoms with E-state index in [1.165, 1.54) is 0 Å². The van der Waals surface area contributed by atoms with Crippen molar-refractivity contribution in [2.45, 2.75) is 26.2 Å². The Balaban J connectivity index is 2.37. The van der Waals surface area contributed by atoms with E-state index in [0.717, 1.165) is 24.3 Å². The van der Waals surface area contributed by atoms with Crippen LogP contribution >= 0.6 is 0 Å². The fourth-order valence-electron chi connectivity index (χ4n) is 2.22. The van der Waals surface area contributed by atoms with Gasteiger partial charge in [-0.15, -0.1) is 0 Å². The maximum Gasteiger partial charge on any atom is 0.116 e. The van der Waals surface area contributed by atoms with E-state index in [4.69, 9.17) is 0 Å². The fraction of sp³-hybridized carbons (Fsp3) is 0.700. The molecule has 5 heteroatoms. The summed E-state index contributed by atoms with van der Waals surface area (Å²) in [6.45, 7) is 5.29. The average Bonchev–Trinajstić information content (AvgIpc) is 2.63. The highest BCUT2D eigenvalue weighted by Gasteiger charge is 2.30. The van der Waals surface area contributed by atoms with Crippen LogP contribution in [0.25, 0.3) is 0 Å². The van der Waals surface area contributed by atoms with Crippen LogP contribution < -0.4 is 4.31 Å². The van der Waals surface area contributed by atoms with Gasteiger partial charge in [-0.1, -0.05) is 13.8 Å². The number of nitrogens with zero attached hydrogens (tertiary/aromatic N) is 2. The van der Waals surface area contributed by atoms with Crippen molar-refractivity contribution < 1.29 is 4.21 Å². The number of hydrogen-bond donors (Lipinski definition) is 1. The van der Waals surface area contributed by atoms with Crippen LogP contribution in [0.5, 0.6) is 0 Å². The Morgan fingerprint density at radius 1 is 1.67 bits per heavy atom. The monoisotopic (exact) mass is 227 g/mol. The van der Waals surface area contributed by atoms with Crippen molar-refractivity contribution in [3.63, 3.8) is 0 Å². The molecule has 15 heavy (non-hydrogen) atoms. The summed E-state index contributed by atoms with van der Waals surface area (Å²) in [6, 6.07) is 0. The summed E-state index contributed by atoms with van der Waals surface area (Å²) in [5, 5.41) is 7.12. The van der Waals surface area contributed by atoms with Crippen molar-refractivity contribution in [3.8, 4) is 0 Å². The van der Waals surface area contributed by atoms with Gasteiger partial charge in [0.2, 0.25) is 0 Å². The molecule has 2 unspecified atom stereocenters. The second-order valence-electron chi connectivity index (χ2n) is 4.33. The summed E-state index contributed by atoms with van der Waals surface area (Å²) in [4.78, 5) is 0. The zero-order chi connectivity index (χ0) is 11.0. The number of rotatable bonds is 2. The lowest BCUT2D eigenvalue weighted by molar-refractivity contribution is 0.452. The first kappa shape index (κ1) is 10.7. The predicted molar refractivity (Wildman–Crippen MR) is 62.2 cm³/mol. The molecule has 2 atom stereocenters. The SMILES string of the molecule is CC(C)C1CCN(S(C)=O)c2cn[nH]c21. The van der Waals surface area contributed by atoms with Crippen LogP contribution in [0, 0.1) is 5.92 Å². The van der Waals surface area contributed by atoms with Crippen LogP contribution in [-0.2, 0) is 11.0 Å². The van der Waals surface area contributed by atoms with Gasteiger partial charge in [0.1, 0.15) is 11.0 Å². The number of hydrogen-bond acceptors (Lipinski definition) is 2. The molecule has 1 N–H and O–H groups in total. The molecule has 1 aliphatic heterocycles. The zero-order valence-corrected chi connectivity index (χ0v) is 10.2. The van der Waals surface area contributed by atoms with E-state index in [0.29, 0.717) is 11.8 Å². The normalized spacial score (nSPS) is 22.9. The Morgan fingerprint density at radius 3 is 3.00 bits per heavy atom. The van der Waals surface area contributed by atoms with Crippen LogP contribution in [-0.4, -0.2) is 27.2 Å². The smallest absolute Gasteiger partial charge is 0.116 e. The third kappa shape index (κ3) is 1.80. The summed E-state index contributed by atoms with van der Waals surface area (Å²) in [5.41, 5.74) is 2.16. The molecule has 0 saturated heterocycles. The van der Waals surface area contributed by atoms with Crippen LogP contribution in [0.2, 0.25) is 0 Å². The van der Waals surface area contributed by atoms with E-state index in [9.17, 15) is 4.21 Å². The Morgan fingerprint density at radius 2 is 2.40 bits per heavy atom. The number of aromatic amines is 1. The lowest BCUT2D eigenvalue weighted by Crippen LogP contribution is -2.33. The van der Waals surface area contributed by atoms with E-state index in [1.54, 1.807) is 12.5 Å². The van der Waals surface area contributed by atoms with Crippen LogP contribution in [0.4, 0.5) is 5.69 Å². The van der Waals surface area contributed by atoms with E-state index < -0.39 is 11.0 Å². The van der Waals surface area contributed by atoms with Gasteiger partial charge in [0, 0.05) is 18.7 Å². The van der Waals surface area contributed by atoms with Gasteiger partial charge < -0.3 is 0 Å². The highest BCUT2D eigenvalue weighted by Crippen LogP contribution is 2.38. The van der Waals surface area contributed by atoms with Crippen LogP contribution in [0.3, 0.4) is 0 Å². The number of H-pyrrole nitrogens is 1. The molecule has 2 heterocycles. The molecule has 2 rings (SSSR count). The van der Waals surface area contributed by atoms with E-state index in [1.807, 2.05) is 4.31 Å². The van der Waals surface area contributed by atoms with E-state index in [-0.39, 0.29) is 0 Å². The lowest BCUT2D eigenvalue weighted by Gasteiger charge is -2.32. The standard InChI is InChI=1S/C10H17N3OS/c1-7(2)8-4-5-13(15(3)14)9-6-11-12-10(8)9/h6-8H,4-5H2,1-3H3,(H,11,12).